The van der Waals surface area contributed by atoms with Crippen molar-refractivity contribution in [3.63, 3.8) is 0 Å². The Balaban J connectivity index is 4.54. The predicted molar refractivity (Wildman–Crippen MR) is 92.7 cm³/mol. The lowest BCUT2D eigenvalue weighted by Gasteiger charge is -2.21. The SMILES string of the molecule is CC(C)C[C@H](NC(=O)CNC(=O)OC(C)(C)C)C(=O)NCC(=O)CN. The van der Waals surface area contributed by atoms with Gasteiger partial charge in [-0.3, -0.25) is 14.4 Å². The molecule has 9 heteroatoms. The molecule has 0 aromatic carbocycles. The van der Waals surface area contributed by atoms with E-state index in [0.717, 1.165) is 0 Å². The summed E-state index contributed by atoms with van der Waals surface area (Å²) in [7, 11) is 0. The summed E-state index contributed by atoms with van der Waals surface area (Å²) in [6.45, 7) is 8.25. The zero-order valence-corrected chi connectivity index (χ0v) is 15.6. The number of nitrogens with one attached hydrogen (secondary N) is 3. The molecule has 0 heterocycles. The first-order valence-corrected chi connectivity index (χ1v) is 8.20. The zero-order chi connectivity index (χ0) is 19.6. The molecular weight excluding hydrogens is 328 g/mol. The van der Waals surface area contributed by atoms with Gasteiger partial charge >= 0.3 is 6.09 Å². The van der Waals surface area contributed by atoms with Gasteiger partial charge in [-0.25, -0.2) is 4.79 Å². The van der Waals surface area contributed by atoms with Gasteiger partial charge in [0.15, 0.2) is 5.78 Å². The Morgan fingerprint density at radius 2 is 1.64 bits per heavy atom. The Bertz CT molecular complexity index is 485. The maximum Gasteiger partial charge on any atom is 0.408 e. The molecule has 0 saturated carbocycles. The van der Waals surface area contributed by atoms with Crippen molar-refractivity contribution in [1.82, 2.24) is 16.0 Å². The largest absolute Gasteiger partial charge is 0.444 e. The topological polar surface area (TPSA) is 140 Å². The fourth-order valence-electron chi connectivity index (χ4n) is 1.80. The van der Waals surface area contributed by atoms with Crippen molar-refractivity contribution in [2.75, 3.05) is 19.6 Å². The van der Waals surface area contributed by atoms with Gasteiger partial charge in [-0.1, -0.05) is 13.8 Å². The van der Waals surface area contributed by atoms with Crippen LogP contribution in [-0.2, 0) is 19.1 Å². The molecule has 3 amide bonds. The van der Waals surface area contributed by atoms with E-state index in [2.05, 4.69) is 16.0 Å². The molecule has 9 nitrogen and oxygen atoms in total. The van der Waals surface area contributed by atoms with Crippen LogP contribution in [0, 0.1) is 5.92 Å². The highest BCUT2D eigenvalue weighted by atomic mass is 16.6. The van der Waals surface area contributed by atoms with E-state index in [1.54, 1.807) is 20.8 Å². The van der Waals surface area contributed by atoms with E-state index in [0.29, 0.717) is 6.42 Å². The normalized spacial score (nSPS) is 12.3. The summed E-state index contributed by atoms with van der Waals surface area (Å²) in [5.41, 5.74) is 4.51. The van der Waals surface area contributed by atoms with Crippen molar-refractivity contribution in [2.24, 2.45) is 11.7 Å². The van der Waals surface area contributed by atoms with Crippen molar-refractivity contribution in [2.45, 2.75) is 52.7 Å². The predicted octanol–water partition coefficient (Wildman–Crippen LogP) is -0.314. The van der Waals surface area contributed by atoms with Crippen LogP contribution >= 0.6 is 0 Å². The van der Waals surface area contributed by atoms with Gasteiger partial charge in [-0.2, -0.15) is 0 Å². The lowest BCUT2D eigenvalue weighted by molar-refractivity contribution is -0.130. The minimum atomic E-state index is -0.807. The monoisotopic (exact) mass is 358 g/mol. The van der Waals surface area contributed by atoms with Gasteiger partial charge in [0.2, 0.25) is 11.8 Å². The van der Waals surface area contributed by atoms with Crippen molar-refractivity contribution >= 4 is 23.7 Å². The number of ketones is 1. The maximum absolute atomic E-state index is 12.1. The number of hydrogen-bond acceptors (Lipinski definition) is 6. The molecule has 5 N–H and O–H groups in total. The zero-order valence-electron chi connectivity index (χ0n) is 15.6. The molecule has 0 unspecified atom stereocenters. The molecule has 1 atom stereocenters. The van der Waals surface area contributed by atoms with E-state index in [4.69, 9.17) is 10.5 Å². The van der Waals surface area contributed by atoms with Crippen molar-refractivity contribution in [3.8, 4) is 0 Å². The number of hydrogen-bond donors (Lipinski definition) is 4. The molecular formula is C16H30N4O5. The lowest BCUT2D eigenvalue weighted by atomic mass is 10.0. The Morgan fingerprint density at radius 1 is 1.04 bits per heavy atom. The average molecular weight is 358 g/mol. The minimum Gasteiger partial charge on any atom is -0.444 e. The van der Waals surface area contributed by atoms with Crippen molar-refractivity contribution in [3.05, 3.63) is 0 Å². The number of carbonyl (C=O) groups is 4. The maximum atomic E-state index is 12.1. The van der Waals surface area contributed by atoms with Crippen LogP contribution in [0.3, 0.4) is 0 Å². The van der Waals surface area contributed by atoms with Gasteiger partial charge in [-0.05, 0) is 33.1 Å². The highest BCUT2D eigenvalue weighted by Crippen LogP contribution is 2.06. The number of amides is 3. The van der Waals surface area contributed by atoms with E-state index in [1.165, 1.54) is 0 Å². The van der Waals surface area contributed by atoms with Crippen LogP contribution in [0.5, 0.6) is 0 Å². The molecule has 0 radical (unpaired) electrons. The molecule has 25 heavy (non-hydrogen) atoms. The summed E-state index contributed by atoms with van der Waals surface area (Å²) < 4.78 is 5.02. The fraction of sp³-hybridized carbons (Fsp3) is 0.750. The molecule has 0 rings (SSSR count). The molecule has 0 aliphatic heterocycles. The Kier molecular flexibility index (Phi) is 9.73. The summed E-state index contributed by atoms with van der Waals surface area (Å²) in [4.78, 5) is 46.8. The Morgan fingerprint density at radius 3 is 2.12 bits per heavy atom. The highest BCUT2D eigenvalue weighted by Gasteiger charge is 2.23. The van der Waals surface area contributed by atoms with Gasteiger partial charge in [0.05, 0.1) is 13.1 Å². The second-order valence-electron chi connectivity index (χ2n) is 7.07. The van der Waals surface area contributed by atoms with Gasteiger partial charge in [0.1, 0.15) is 18.2 Å². The third-order valence-electron chi connectivity index (χ3n) is 2.84. The summed E-state index contributed by atoms with van der Waals surface area (Å²) in [6, 6.07) is -0.807. The number of Topliss-reactive ketones (excluding diaryl/α,β-unsaturated/α-hetero) is 1. The molecule has 0 aliphatic carbocycles. The molecule has 0 aromatic heterocycles. The smallest absolute Gasteiger partial charge is 0.408 e. The van der Waals surface area contributed by atoms with E-state index in [9.17, 15) is 19.2 Å². The molecule has 0 bridgehead atoms. The summed E-state index contributed by atoms with van der Waals surface area (Å²) in [5, 5.41) is 7.31. The van der Waals surface area contributed by atoms with Crippen molar-refractivity contribution < 1.29 is 23.9 Å². The molecule has 0 spiro atoms. The third-order valence-corrected chi connectivity index (χ3v) is 2.84. The first kappa shape index (κ1) is 22.8. The Labute approximate surface area is 148 Å². The van der Waals surface area contributed by atoms with Crippen LogP contribution in [0.2, 0.25) is 0 Å². The molecule has 0 fully saturated rings. The van der Waals surface area contributed by atoms with Crippen LogP contribution < -0.4 is 21.7 Å². The lowest BCUT2D eigenvalue weighted by Crippen LogP contribution is -2.51. The highest BCUT2D eigenvalue weighted by molar-refractivity contribution is 5.92. The summed E-state index contributed by atoms with van der Waals surface area (Å²) in [5.74, 6) is -1.17. The standard InChI is InChI=1S/C16H30N4O5/c1-10(2)6-12(14(23)18-8-11(21)7-17)20-13(22)9-19-15(24)25-16(3,4)5/h10,12H,6-9,17H2,1-5H3,(H,18,23)(H,19,24)(H,20,22)/t12-/m0/s1. The molecule has 0 aliphatic rings. The van der Waals surface area contributed by atoms with E-state index >= 15 is 0 Å². The van der Waals surface area contributed by atoms with Gasteiger partial charge in [0.25, 0.3) is 0 Å². The first-order chi connectivity index (χ1) is 11.4. The van der Waals surface area contributed by atoms with Crippen LogP contribution in [-0.4, -0.2) is 55.0 Å². The number of carbonyl (C=O) groups excluding carboxylic acids is 4. The van der Waals surface area contributed by atoms with Crippen LogP contribution in [0.15, 0.2) is 0 Å². The van der Waals surface area contributed by atoms with E-state index in [1.807, 2.05) is 13.8 Å². The number of rotatable bonds is 9. The van der Waals surface area contributed by atoms with Gasteiger partial charge < -0.3 is 26.4 Å². The number of nitrogens with two attached hydrogens (primary N) is 1. The number of ether oxygens (including phenoxy) is 1. The van der Waals surface area contributed by atoms with Crippen LogP contribution in [0.25, 0.3) is 0 Å². The third kappa shape index (κ3) is 11.9. The Hall–Kier alpha value is -2.16. The second-order valence-corrected chi connectivity index (χ2v) is 7.07. The van der Waals surface area contributed by atoms with Crippen LogP contribution in [0.4, 0.5) is 4.79 Å². The van der Waals surface area contributed by atoms with Crippen molar-refractivity contribution in [1.29, 1.82) is 0 Å². The van der Waals surface area contributed by atoms with E-state index < -0.39 is 29.6 Å². The molecule has 144 valence electrons. The number of alkyl carbamates (subject to hydrolysis) is 1. The summed E-state index contributed by atoms with van der Waals surface area (Å²) >= 11 is 0. The van der Waals surface area contributed by atoms with Gasteiger partial charge in [-0.15, -0.1) is 0 Å². The molecule has 0 aromatic rings. The van der Waals surface area contributed by atoms with Crippen LogP contribution in [0.1, 0.15) is 41.0 Å². The van der Waals surface area contributed by atoms with Gasteiger partial charge in [0, 0.05) is 0 Å². The molecule has 0 saturated heterocycles. The first-order valence-electron chi connectivity index (χ1n) is 8.20. The fourth-order valence-corrected chi connectivity index (χ4v) is 1.80. The average Bonchev–Trinajstić information content (AvgIpc) is 2.47. The quantitative estimate of drug-likeness (QED) is 0.446. The summed E-state index contributed by atoms with van der Waals surface area (Å²) in [6.07, 6.45) is -0.332. The van der Waals surface area contributed by atoms with E-state index in [-0.39, 0.29) is 31.3 Å². The minimum absolute atomic E-state index is 0.139. The second kappa shape index (κ2) is 10.7.